The molecule has 1 aromatic rings. The Kier molecular flexibility index (Phi) is 2.09. The molecule has 0 aromatic heterocycles. The lowest BCUT2D eigenvalue weighted by atomic mass is 9.97. The third-order valence-electron chi connectivity index (χ3n) is 2.42. The maximum atomic E-state index is 10.5. The molecule has 1 aliphatic rings. The van der Waals surface area contributed by atoms with Crippen LogP contribution in [0, 0.1) is 10.1 Å². The Balaban J connectivity index is 2.36. The van der Waals surface area contributed by atoms with E-state index in [1.165, 1.54) is 18.2 Å². The summed E-state index contributed by atoms with van der Waals surface area (Å²) in [6.07, 6.45) is 0.911. The molecule has 0 radical (unpaired) electrons. The quantitative estimate of drug-likeness (QED) is 0.550. The van der Waals surface area contributed by atoms with Crippen molar-refractivity contribution in [2.75, 3.05) is 6.54 Å². The van der Waals surface area contributed by atoms with Crippen LogP contribution in [0.4, 0.5) is 5.69 Å². The van der Waals surface area contributed by atoms with E-state index >= 15 is 0 Å². The Morgan fingerprint density at radius 2 is 2.29 bits per heavy atom. The van der Waals surface area contributed by atoms with Crippen molar-refractivity contribution in [3.8, 4) is 5.75 Å². The number of rotatable bonds is 2. The molecule has 1 atom stereocenters. The number of hydrogen-bond donors (Lipinski definition) is 2. The average molecular weight is 194 g/mol. The second kappa shape index (κ2) is 3.26. The van der Waals surface area contributed by atoms with Gasteiger partial charge in [0.25, 0.3) is 5.69 Å². The maximum absolute atomic E-state index is 10.5. The van der Waals surface area contributed by atoms with E-state index in [4.69, 9.17) is 0 Å². The lowest BCUT2D eigenvalue weighted by Crippen LogP contribution is -2.34. The summed E-state index contributed by atoms with van der Waals surface area (Å²) in [5.41, 5.74) is 0.636. The first-order chi connectivity index (χ1) is 6.68. The van der Waals surface area contributed by atoms with Crippen molar-refractivity contribution in [1.29, 1.82) is 0 Å². The molecule has 1 aliphatic heterocycles. The molecule has 0 bridgehead atoms. The largest absolute Gasteiger partial charge is 0.508 e. The van der Waals surface area contributed by atoms with Gasteiger partial charge >= 0.3 is 0 Å². The van der Waals surface area contributed by atoms with Crippen molar-refractivity contribution in [2.24, 2.45) is 0 Å². The first-order valence-corrected chi connectivity index (χ1v) is 4.39. The van der Waals surface area contributed by atoms with Gasteiger partial charge in [-0.3, -0.25) is 10.1 Å². The second-order valence-electron chi connectivity index (χ2n) is 3.30. The van der Waals surface area contributed by atoms with E-state index in [9.17, 15) is 15.2 Å². The highest BCUT2D eigenvalue weighted by Gasteiger charge is 2.23. The van der Waals surface area contributed by atoms with Crippen molar-refractivity contribution >= 4 is 5.69 Å². The number of aromatic hydroxyl groups is 1. The zero-order valence-corrected chi connectivity index (χ0v) is 7.43. The summed E-state index contributed by atoms with van der Waals surface area (Å²) in [5.74, 6) is 0.118. The van der Waals surface area contributed by atoms with E-state index in [1.807, 2.05) is 0 Å². The molecule has 2 rings (SSSR count). The number of phenols is 1. The highest BCUT2D eigenvalue weighted by Crippen LogP contribution is 2.32. The number of hydrogen-bond acceptors (Lipinski definition) is 4. The third kappa shape index (κ3) is 1.42. The fraction of sp³-hybridized carbons (Fsp3) is 0.333. The van der Waals surface area contributed by atoms with Crippen LogP contribution in [0.3, 0.4) is 0 Å². The van der Waals surface area contributed by atoms with Gasteiger partial charge in [-0.05, 0) is 19.0 Å². The van der Waals surface area contributed by atoms with Crippen molar-refractivity contribution < 1.29 is 10.0 Å². The van der Waals surface area contributed by atoms with Crippen LogP contribution in [-0.2, 0) is 0 Å². The Morgan fingerprint density at radius 1 is 1.57 bits per heavy atom. The molecular weight excluding hydrogens is 184 g/mol. The fourth-order valence-corrected chi connectivity index (χ4v) is 1.49. The molecule has 74 valence electrons. The van der Waals surface area contributed by atoms with Crippen molar-refractivity contribution in [3.05, 3.63) is 33.9 Å². The number of phenolic OH excluding ortho intramolecular Hbond substituents is 1. The topological polar surface area (TPSA) is 75.4 Å². The molecule has 1 aromatic carbocycles. The van der Waals surface area contributed by atoms with Gasteiger partial charge in [-0.15, -0.1) is 0 Å². The SMILES string of the molecule is O=[N+]([O-])c1ccc(O)c([C@@H]2CCN2)c1. The zero-order valence-electron chi connectivity index (χ0n) is 7.43. The molecule has 5 nitrogen and oxygen atoms in total. The minimum Gasteiger partial charge on any atom is -0.508 e. The molecule has 0 unspecified atom stereocenters. The van der Waals surface area contributed by atoms with E-state index in [1.54, 1.807) is 0 Å². The summed E-state index contributed by atoms with van der Waals surface area (Å²) in [5, 5.41) is 23.1. The van der Waals surface area contributed by atoms with Crippen LogP contribution >= 0.6 is 0 Å². The predicted octanol–water partition coefficient (Wildman–Crippen LogP) is 1.33. The smallest absolute Gasteiger partial charge is 0.270 e. The van der Waals surface area contributed by atoms with Crippen LogP contribution in [-0.4, -0.2) is 16.6 Å². The predicted molar refractivity (Wildman–Crippen MR) is 50.1 cm³/mol. The van der Waals surface area contributed by atoms with E-state index < -0.39 is 4.92 Å². The van der Waals surface area contributed by atoms with Crippen molar-refractivity contribution in [1.82, 2.24) is 5.32 Å². The molecule has 0 amide bonds. The Bertz CT molecular complexity index is 374. The number of nitro benzene ring substituents is 1. The number of non-ortho nitro benzene ring substituents is 1. The first kappa shape index (κ1) is 8.96. The standard InChI is InChI=1S/C9H10N2O3/c12-9-2-1-6(11(13)14)5-7(9)8-3-4-10-8/h1-2,5,8,10,12H,3-4H2/t8-/m0/s1. The summed E-state index contributed by atoms with van der Waals surface area (Å²) in [4.78, 5) is 10.0. The summed E-state index contributed by atoms with van der Waals surface area (Å²) in [6.45, 7) is 0.896. The van der Waals surface area contributed by atoms with Gasteiger partial charge in [-0.1, -0.05) is 0 Å². The summed E-state index contributed by atoms with van der Waals surface area (Å²) < 4.78 is 0. The van der Waals surface area contributed by atoms with Crippen LogP contribution in [0.2, 0.25) is 0 Å². The maximum Gasteiger partial charge on any atom is 0.270 e. The van der Waals surface area contributed by atoms with Gasteiger partial charge in [0.15, 0.2) is 0 Å². The highest BCUT2D eigenvalue weighted by molar-refractivity contribution is 5.45. The Labute approximate surface area is 80.5 Å². The molecule has 1 heterocycles. The third-order valence-corrected chi connectivity index (χ3v) is 2.42. The molecule has 0 spiro atoms. The minimum absolute atomic E-state index is 0.0199. The summed E-state index contributed by atoms with van der Waals surface area (Å²) >= 11 is 0. The van der Waals surface area contributed by atoms with E-state index in [0.717, 1.165) is 13.0 Å². The normalized spacial score (nSPS) is 20.1. The van der Waals surface area contributed by atoms with Gasteiger partial charge in [0.05, 0.1) is 4.92 Å². The number of nitrogens with one attached hydrogen (secondary N) is 1. The monoisotopic (exact) mass is 194 g/mol. The molecule has 0 aliphatic carbocycles. The lowest BCUT2D eigenvalue weighted by Gasteiger charge is -2.28. The van der Waals surface area contributed by atoms with Gasteiger partial charge in [-0.25, -0.2) is 0 Å². The van der Waals surface area contributed by atoms with Crippen LogP contribution < -0.4 is 5.32 Å². The Morgan fingerprint density at radius 3 is 2.79 bits per heavy atom. The lowest BCUT2D eigenvalue weighted by molar-refractivity contribution is -0.385. The summed E-state index contributed by atoms with van der Waals surface area (Å²) in [6, 6.07) is 4.16. The minimum atomic E-state index is -0.457. The van der Waals surface area contributed by atoms with Crippen molar-refractivity contribution in [2.45, 2.75) is 12.5 Å². The number of nitro groups is 1. The molecule has 1 fully saturated rings. The second-order valence-corrected chi connectivity index (χ2v) is 3.30. The molecule has 1 saturated heterocycles. The number of benzene rings is 1. The highest BCUT2D eigenvalue weighted by atomic mass is 16.6. The first-order valence-electron chi connectivity index (χ1n) is 4.39. The molecule has 2 N–H and O–H groups in total. The molecule has 14 heavy (non-hydrogen) atoms. The van der Waals surface area contributed by atoms with Crippen molar-refractivity contribution in [3.63, 3.8) is 0 Å². The molecule has 0 saturated carbocycles. The van der Waals surface area contributed by atoms with E-state index in [2.05, 4.69) is 5.32 Å². The molecule has 5 heteroatoms. The van der Waals surface area contributed by atoms with Crippen LogP contribution in [0.15, 0.2) is 18.2 Å². The van der Waals surface area contributed by atoms with Gasteiger partial charge in [0, 0.05) is 23.7 Å². The van der Waals surface area contributed by atoms with E-state index in [-0.39, 0.29) is 17.5 Å². The van der Waals surface area contributed by atoms with Crippen LogP contribution in [0.25, 0.3) is 0 Å². The number of nitrogens with zero attached hydrogens (tertiary/aromatic N) is 1. The summed E-state index contributed by atoms with van der Waals surface area (Å²) in [7, 11) is 0. The van der Waals surface area contributed by atoms with E-state index in [0.29, 0.717) is 5.56 Å². The Hall–Kier alpha value is -1.62. The van der Waals surface area contributed by atoms with Crippen LogP contribution in [0.1, 0.15) is 18.0 Å². The zero-order chi connectivity index (χ0) is 10.1. The van der Waals surface area contributed by atoms with Crippen LogP contribution in [0.5, 0.6) is 5.75 Å². The van der Waals surface area contributed by atoms with Gasteiger partial charge in [0.2, 0.25) is 0 Å². The van der Waals surface area contributed by atoms with Gasteiger partial charge < -0.3 is 10.4 Å². The fourth-order valence-electron chi connectivity index (χ4n) is 1.49. The van der Waals surface area contributed by atoms with Gasteiger partial charge in [0.1, 0.15) is 5.75 Å². The van der Waals surface area contributed by atoms with Gasteiger partial charge in [-0.2, -0.15) is 0 Å². The average Bonchev–Trinajstić information content (AvgIpc) is 2.05. The molecular formula is C9H10N2O3.